The second kappa shape index (κ2) is 3.37. The lowest BCUT2D eigenvalue weighted by Gasteiger charge is -2.32. The minimum absolute atomic E-state index is 0.0220. The van der Waals surface area contributed by atoms with Crippen LogP contribution in [0.5, 0.6) is 0 Å². The van der Waals surface area contributed by atoms with E-state index in [2.05, 4.69) is 18.4 Å². The number of aliphatic hydroxyl groups excluding tert-OH is 1. The lowest BCUT2D eigenvalue weighted by Crippen LogP contribution is -2.44. The summed E-state index contributed by atoms with van der Waals surface area (Å²) in [5.41, 5.74) is 0.0220. The van der Waals surface area contributed by atoms with Crippen molar-refractivity contribution in [3.8, 4) is 0 Å². The quantitative estimate of drug-likeness (QED) is 0.615. The van der Waals surface area contributed by atoms with Gasteiger partial charge in [0, 0.05) is 12.1 Å². The summed E-state index contributed by atoms with van der Waals surface area (Å²) in [6.07, 6.45) is 4.21. The van der Waals surface area contributed by atoms with Crippen molar-refractivity contribution >= 4 is 0 Å². The van der Waals surface area contributed by atoms with Crippen LogP contribution in [0, 0.1) is 0 Å². The van der Waals surface area contributed by atoms with Gasteiger partial charge < -0.3 is 5.11 Å². The number of hydrogen-bond donors (Lipinski definition) is 1. The van der Waals surface area contributed by atoms with E-state index >= 15 is 0 Å². The molecule has 64 valence electrons. The van der Waals surface area contributed by atoms with E-state index in [9.17, 15) is 0 Å². The average Bonchev–Trinajstić information content (AvgIpc) is 2.35. The first-order valence-electron chi connectivity index (χ1n) is 4.20. The van der Waals surface area contributed by atoms with Crippen molar-refractivity contribution in [2.24, 2.45) is 0 Å². The molecule has 1 aliphatic rings. The molecule has 1 rings (SSSR count). The van der Waals surface area contributed by atoms with Crippen LogP contribution in [-0.4, -0.2) is 35.2 Å². The van der Waals surface area contributed by atoms with Crippen LogP contribution in [0.2, 0.25) is 0 Å². The monoisotopic (exact) mass is 155 g/mol. The standard InChI is InChI=1S/C9H17NO/c1-3-6-10-7-4-5-9(10,2)8-11/h3,11H,1,4-8H2,2H3. The summed E-state index contributed by atoms with van der Waals surface area (Å²) in [4.78, 5) is 2.29. The SMILES string of the molecule is C=CCN1CCCC1(C)CO. The molecule has 1 saturated heterocycles. The Bertz CT molecular complexity index is 146. The molecular formula is C9H17NO. The zero-order valence-corrected chi connectivity index (χ0v) is 7.21. The van der Waals surface area contributed by atoms with Gasteiger partial charge in [0.25, 0.3) is 0 Å². The molecule has 2 heteroatoms. The summed E-state index contributed by atoms with van der Waals surface area (Å²) in [6.45, 7) is 8.08. The van der Waals surface area contributed by atoms with Crippen molar-refractivity contribution < 1.29 is 5.11 Å². The smallest absolute Gasteiger partial charge is 0.0612 e. The van der Waals surface area contributed by atoms with Gasteiger partial charge in [-0.05, 0) is 26.3 Å². The predicted octanol–water partition coefficient (Wildman–Crippen LogP) is 1.02. The Kier molecular flexibility index (Phi) is 2.68. The van der Waals surface area contributed by atoms with E-state index in [-0.39, 0.29) is 12.1 Å². The fourth-order valence-corrected chi connectivity index (χ4v) is 1.73. The summed E-state index contributed by atoms with van der Waals surface area (Å²) in [5, 5.41) is 9.15. The zero-order chi connectivity index (χ0) is 8.32. The Morgan fingerprint density at radius 3 is 3.00 bits per heavy atom. The maximum atomic E-state index is 9.15. The molecule has 1 heterocycles. The highest BCUT2D eigenvalue weighted by Gasteiger charge is 2.34. The fraction of sp³-hybridized carbons (Fsp3) is 0.778. The molecule has 1 N–H and O–H groups in total. The van der Waals surface area contributed by atoms with Crippen molar-refractivity contribution in [3.05, 3.63) is 12.7 Å². The van der Waals surface area contributed by atoms with E-state index in [1.54, 1.807) is 0 Å². The summed E-state index contributed by atoms with van der Waals surface area (Å²) in [7, 11) is 0. The molecule has 0 spiro atoms. The van der Waals surface area contributed by atoms with Crippen molar-refractivity contribution in [1.29, 1.82) is 0 Å². The van der Waals surface area contributed by atoms with E-state index in [1.807, 2.05) is 6.08 Å². The van der Waals surface area contributed by atoms with Gasteiger partial charge in [0.2, 0.25) is 0 Å². The van der Waals surface area contributed by atoms with Gasteiger partial charge in [-0.3, -0.25) is 4.90 Å². The normalized spacial score (nSPS) is 32.5. The van der Waals surface area contributed by atoms with Crippen molar-refractivity contribution in [2.45, 2.75) is 25.3 Å². The Morgan fingerprint density at radius 1 is 1.73 bits per heavy atom. The van der Waals surface area contributed by atoms with E-state index in [4.69, 9.17) is 5.11 Å². The second-order valence-corrected chi connectivity index (χ2v) is 3.49. The first-order valence-corrected chi connectivity index (χ1v) is 4.20. The van der Waals surface area contributed by atoms with Crippen LogP contribution in [0.15, 0.2) is 12.7 Å². The second-order valence-electron chi connectivity index (χ2n) is 3.49. The first-order chi connectivity index (χ1) is 5.23. The fourth-order valence-electron chi connectivity index (χ4n) is 1.73. The maximum Gasteiger partial charge on any atom is 0.0612 e. The summed E-state index contributed by atoms with van der Waals surface area (Å²) in [6, 6.07) is 0. The van der Waals surface area contributed by atoms with Gasteiger partial charge in [-0.1, -0.05) is 6.08 Å². The van der Waals surface area contributed by atoms with Crippen LogP contribution in [0.3, 0.4) is 0 Å². The molecule has 0 aliphatic carbocycles. The summed E-state index contributed by atoms with van der Waals surface area (Å²) < 4.78 is 0. The summed E-state index contributed by atoms with van der Waals surface area (Å²) in [5.74, 6) is 0. The average molecular weight is 155 g/mol. The van der Waals surface area contributed by atoms with Crippen LogP contribution in [0.1, 0.15) is 19.8 Å². The third kappa shape index (κ3) is 1.63. The van der Waals surface area contributed by atoms with Crippen LogP contribution < -0.4 is 0 Å². The molecule has 11 heavy (non-hydrogen) atoms. The highest BCUT2D eigenvalue weighted by molar-refractivity contribution is 4.94. The van der Waals surface area contributed by atoms with Gasteiger partial charge in [0.05, 0.1) is 6.61 Å². The number of hydrogen-bond acceptors (Lipinski definition) is 2. The summed E-state index contributed by atoms with van der Waals surface area (Å²) >= 11 is 0. The molecule has 0 bridgehead atoms. The van der Waals surface area contributed by atoms with E-state index in [1.165, 1.54) is 6.42 Å². The minimum atomic E-state index is 0.0220. The largest absolute Gasteiger partial charge is 0.394 e. The predicted molar refractivity (Wildman–Crippen MR) is 46.5 cm³/mol. The molecule has 1 aliphatic heterocycles. The molecule has 1 unspecified atom stereocenters. The van der Waals surface area contributed by atoms with Gasteiger partial charge in [-0.15, -0.1) is 6.58 Å². The zero-order valence-electron chi connectivity index (χ0n) is 7.21. The molecule has 0 aromatic carbocycles. The highest BCUT2D eigenvalue weighted by atomic mass is 16.3. The van der Waals surface area contributed by atoms with Gasteiger partial charge in [0.1, 0.15) is 0 Å². The number of likely N-dealkylation sites (tertiary alicyclic amines) is 1. The van der Waals surface area contributed by atoms with Crippen molar-refractivity contribution in [3.63, 3.8) is 0 Å². The molecular weight excluding hydrogens is 138 g/mol. The van der Waals surface area contributed by atoms with Gasteiger partial charge >= 0.3 is 0 Å². The van der Waals surface area contributed by atoms with Crippen molar-refractivity contribution in [1.82, 2.24) is 4.90 Å². The molecule has 2 nitrogen and oxygen atoms in total. The molecule has 1 atom stereocenters. The topological polar surface area (TPSA) is 23.5 Å². The third-order valence-corrected chi connectivity index (χ3v) is 2.60. The molecule has 0 amide bonds. The van der Waals surface area contributed by atoms with Gasteiger partial charge in [0.15, 0.2) is 0 Å². The molecule has 1 fully saturated rings. The molecule has 0 saturated carbocycles. The molecule has 0 aromatic heterocycles. The van der Waals surface area contributed by atoms with E-state index in [0.29, 0.717) is 0 Å². The number of rotatable bonds is 3. The maximum absolute atomic E-state index is 9.15. The minimum Gasteiger partial charge on any atom is -0.394 e. The third-order valence-electron chi connectivity index (χ3n) is 2.60. The Morgan fingerprint density at radius 2 is 2.45 bits per heavy atom. The van der Waals surface area contributed by atoms with Crippen molar-refractivity contribution in [2.75, 3.05) is 19.7 Å². The van der Waals surface area contributed by atoms with E-state index < -0.39 is 0 Å². The molecule has 0 aromatic rings. The van der Waals surface area contributed by atoms with Gasteiger partial charge in [-0.2, -0.15) is 0 Å². The Labute approximate surface area is 68.5 Å². The Balaban J connectivity index is 2.56. The molecule has 0 radical (unpaired) electrons. The lowest BCUT2D eigenvalue weighted by molar-refractivity contribution is 0.0886. The number of nitrogens with zero attached hydrogens (tertiary/aromatic N) is 1. The van der Waals surface area contributed by atoms with E-state index in [0.717, 1.165) is 19.5 Å². The van der Waals surface area contributed by atoms with Gasteiger partial charge in [-0.25, -0.2) is 0 Å². The first kappa shape index (κ1) is 8.75. The van der Waals surface area contributed by atoms with Crippen LogP contribution >= 0.6 is 0 Å². The van der Waals surface area contributed by atoms with Crippen LogP contribution in [-0.2, 0) is 0 Å². The lowest BCUT2D eigenvalue weighted by atomic mass is 10.0. The van der Waals surface area contributed by atoms with Crippen LogP contribution in [0.25, 0.3) is 0 Å². The highest BCUT2D eigenvalue weighted by Crippen LogP contribution is 2.27. The number of aliphatic hydroxyl groups is 1. The van der Waals surface area contributed by atoms with Crippen LogP contribution in [0.4, 0.5) is 0 Å². The Hall–Kier alpha value is -0.340.